The largest absolute Gasteiger partial charge is 0.326 e. The molecule has 16 heavy (non-hydrogen) atoms. The van der Waals surface area contributed by atoms with Crippen molar-refractivity contribution in [3.8, 4) is 0 Å². The first-order valence-electron chi connectivity index (χ1n) is 6.52. The lowest BCUT2D eigenvalue weighted by Gasteiger charge is -2.30. The van der Waals surface area contributed by atoms with Gasteiger partial charge in [-0.1, -0.05) is 52.9 Å². The average Bonchev–Trinajstić information content (AvgIpc) is 2.26. The fourth-order valence-electron chi connectivity index (χ4n) is 2.03. The van der Waals surface area contributed by atoms with Crippen molar-refractivity contribution in [2.45, 2.75) is 77.7 Å². The molecule has 0 saturated heterocycles. The monoisotopic (exact) mass is 250 g/mol. The smallest absolute Gasteiger partial charge is 0.317 e. The van der Waals surface area contributed by atoms with Gasteiger partial charge in [-0.05, 0) is 19.3 Å². The highest BCUT2D eigenvalue weighted by atomic mass is 31.1. The van der Waals surface area contributed by atoms with Crippen LogP contribution < -0.4 is 0 Å². The van der Waals surface area contributed by atoms with E-state index in [-0.39, 0.29) is 5.60 Å². The maximum Gasteiger partial charge on any atom is 0.317 e. The maximum absolute atomic E-state index is 10.8. The van der Waals surface area contributed by atoms with Crippen LogP contribution in [0.4, 0.5) is 0 Å². The number of hydrogen-bond acceptors (Lipinski definition) is 2. The van der Waals surface area contributed by atoms with E-state index in [9.17, 15) is 4.57 Å². The van der Waals surface area contributed by atoms with Gasteiger partial charge in [-0.15, -0.1) is 0 Å². The Kier molecular flexibility index (Phi) is 9.29. The van der Waals surface area contributed by atoms with Crippen LogP contribution in [0, 0.1) is 0 Å². The van der Waals surface area contributed by atoms with Gasteiger partial charge in [-0.25, -0.2) is 0 Å². The summed E-state index contributed by atoms with van der Waals surface area (Å²) < 4.78 is 16.1. The lowest BCUT2D eigenvalue weighted by molar-refractivity contribution is 0.0451. The maximum atomic E-state index is 10.8. The van der Waals surface area contributed by atoms with E-state index in [0.29, 0.717) is 0 Å². The van der Waals surface area contributed by atoms with Crippen molar-refractivity contribution in [3.63, 3.8) is 0 Å². The van der Waals surface area contributed by atoms with Crippen LogP contribution in [0.5, 0.6) is 0 Å². The third-order valence-electron chi connectivity index (χ3n) is 3.33. The predicted molar refractivity (Wildman–Crippen MR) is 69.0 cm³/mol. The Bertz CT molecular complexity index is 191. The molecule has 0 bridgehead atoms. The van der Waals surface area contributed by atoms with Crippen LogP contribution in [0.25, 0.3) is 0 Å². The molecule has 0 amide bonds. The second-order valence-corrected chi connectivity index (χ2v) is 5.16. The van der Waals surface area contributed by atoms with E-state index in [1.165, 1.54) is 25.7 Å². The molecule has 0 fully saturated rings. The first-order valence-corrected chi connectivity index (χ1v) is 7.78. The van der Waals surface area contributed by atoms with Gasteiger partial charge in [0.05, 0.1) is 5.60 Å². The standard InChI is InChI=1S/C12H27O3P/c1-4-7-8-9-10-11-12(5-2,6-3)15-16(13)14/h16H,4-11H2,1-3H3,(H,13,14). The first-order chi connectivity index (χ1) is 7.60. The average molecular weight is 250 g/mol. The Balaban J connectivity index is 3.96. The summed E-state index contributed by atoms with van der Waals surface area (Å²) in [5, 5.41) is 0. The van der Waals surface area contributed by atoms with Gasteiger partial charge in [0.15, 0.2) is 0 Å². The summed E-state index contributed by atoms with van der Waals surface area (Å²) in [7, 11) is -2.81. The molecule has 0 aromatic carbocycles. The van der Waals surface area contributed by atoms with Crippen LogP contribution in [0.1, 0.15) is 72.1 Å². The molecule has 1 unspecified atom stereocenters. The molecule has 0 heterocycles. The zero-order chi connectivity index (χ0) is 12.4. The van der Waals surface area contributed by atoms with Gasteiger partial charge >= 0.3 is 8.25 Å². The number of hydrogen-bond donors (Lipinski definition) is 1. The van der Waals surface area contributed by atoms with Crippen LogP contribution >= 0.6 is 8.25 Å². The van der Waals surface area contributed by atoms with Crippen molar-refractivity contribution in [1.82, 2.24) is 0 Å². The van der Waals surface area contributed by atoms with E-state index in [1.54, 1.807) is 0 Å². The third kappa shape index (κ3) is 6.67. The van der Waals surface area contributed by atoms with Gasteiger partial charge < -0.3 is 9.42 Å². The molecule has 0 radical (unpaired) electrons. The Labute approximate surface area is 101 Å². The number of rotatable bonds is 10. The second kappa shape index (κ2) is 9.21. The molecular weight excluding hydrogens is 223 g/mol. The molecule has 4 heteroatoms. The fourth-order valence-corrected chi connectivity index (χ4v) is 2.80. The lowest BCUT2D eigenvalue weighted by atomic mass is 9.90. The summed E-state index contributed by atoms with van der Waals surface area (Å²) in [5.41, 5.74) is -0.364. The summed E-state index contributed by atoms with van der Waals surface area (Å²) in [6.07, 6.45) is 8.61. The van der Waals surface area contributed by atoms with Crippen molar-refractivity contribution in [1.29, 1.82) is 0 Å². The molecule has 0 spiro atoms. The van der Waals surface area contributed by atoms with E-state index in [4.69, 9.17) is 9.42 Å². The minimum Gasteiger partial charge on any atom is -0.326 e. The fraction of sp³-hybridized carbons (Fsp3) is 1.00. The van der Waals surface area contributed by atoms with Crippen molar-refractivity contribution in [3.05, 3.63) is 0 Å². The van der Waals surface area contributed by atoms with Crippen LogP contribution in [-0.2, 0) is 9.09 Å². The van der Waals surface area contributed by atoms with Gasteiger partial charge in [0.2, 0.25) is 0 Å². The minimum atomic E-state index is -2.81. The van der Waals surface area contributed by atoms with Crippen molar-refractivity contribution < 1.29 is 14.0 Å². The van der Waals surface area contributed by atoms with Gasteiger partial charge in [-0.2, -0.15) is 0 Å². The highest BCUT2D eigenvalue weighted by Gasteiger charge is 2.28. The van der Waals surface area contributed by atoms with E-state index < -0.39 is 8.25 Å². The zero-order valence-electron chi connectivity index (χ0n) is 10.9. The summed E-state index contributed by atoms with van der Waals surface area (Å²) in [4.78, 5) is 8.92. The van der Waals surface area contributed by atoms with E-state index in [0.717, 1.165) is 25.7 Å². The van der Waals surface area contributed by atoms with E-state index in [1.807, 2.05) is 13.8 Å². The molecular formula is C12H27O3P. The Morgan fingerprint density at radius 3 is 2.06 bits per heavy atom. The first kappa shape index (κ1) is 16.1. The predicted octanol–water partition coefficient (Wildman–Crippen LogP) is 4.30. The van der Waals surface area contributed by atoms with Crippen LogP contribution in [-0.4, -0.2) is 10.5 Å². The molecule has 0 aliphatic rings. The summed E-state index contributed by atoms with van der Waals surface area (Å²) in [5.74, 6) is 0. The third-order valence-corrected chi connectivity index (χ3v) is 3.94. The molecule has 1 atom stereocenters. The summed E-state index contributed by atoms with van der Waals surface area (Å²) in [6, 6.07) is 0. The second-order valence-electron chi connectivity index (χ2n) is 4.42. The highest BCUT2D eigenvalue weighted by Crippen LogP contribution is 2.35. The molecule has 3 nitrogen and oxygen atoms in total. The summed E-state index contributed by atoms with van der Waals surface area (Å²) in [6.45, 7) is 6.25. The van der Waals surface area contributed by atoms with E-state index >= 15 is 0 Å². The molecule has 0 saturated carbocycles. The Hall–Kier alpha value is 0.150. The molecule has 1 N–H and O–H groups in total. The van der Waals surface area contributed by atoms with Gasteiger partial charge in [0.1, 0.15) is 0 Å². The Morgan fingerprint density at radius 1 is 1.06 bits per heavy atom. The molecule has 0 rings (SSSR count). The lowest BCUT2D eigenvalue weighted by Crippen LogP contribution is -2.28. The summed E-state index contributed by atoms with van der Waals surface area (Å²) >= 11 is 0. The van der Waals surface area contributed by atoms with Crippen LogP contribution in [0.2, 0.25) is 0 Å². The molecule has 0 aromatic heterocycles. The molecule has 0 aliphatic carbocycles. The van der Waals surface area contributed by atoms with Crippen LogP contribution in [0.3, 0.4) is 0 Å². The molecule has 98 valence electrons. The quantitative estimate of drug-likeness (QED) is 0.464. The molecule has 0 aromatic rings. The normalized spacial score (nSPS) is 14.0. The minimum absolute atomic E-state index is 0.364. The zero-order valence-corrected chi connectivity index (χ0v) is 11.9. The van der Waals surface area contributed by atoms with Crippen molar-refractivity contribution in [2.24, 2.45) is 0 Å². The highest BCUT2D eigenvalue weighted by molar-refractivity contribution is 7.32. The van der Waals surface area contributed by atoms with Gasteiger partial charge in [0, 0.05) is 0 Å². The van der Waals surface area contributed by atoms with Gasteiger partial charge in [-0.3, -0.25) is 4.57 Å². The van der Waals surface area contributed by atoms with Crippen molar-refractivity contribution >= 4 is 8.25 Å². The topological polar surface area (TPSA) is 46.5 Å². The van der Waals surface area contributed by atoms with Crippen LogP contribution in [0.15, 0.2) is 0 Å². The SMILES string of the molecule is CCCCCCCC(CC)(CC)O[PH](=O)O. The van der Waals surface area contributed by atoms with E-state index in [2.05, 4.69) is 6.92 Å². The van der Waals surface area contributed by atoms with Gasteiger partial charge in [0.25, 0.3) is 0 Å². The molecule has 0 aliphatic heterocycles. The Morgan fingerprint density at radius 2 is 1.62 bits per heavy atom. The number of unbranched alkanes of at least 4 members (excludes halogenated alkanes) is 4. The van der Waals surface area contributed by atoms with Crippen molar-refractivity contribution in [2.75, 3.05) is 0 Å².